The minimum Gasteiger partial charge on any atom is -0.352 e. The van der Waals surface area contributed by atoms with Crippen molar-refractivity contribution < 1.29 is 4.39 Å². The Balaban J connectivity index is 2.47. The van der Waals surface area contributed by atoms with Gasteiger partial charge in [0.05, 0.1) is 22.6 Å². The number of aromatic nitrogens is 1. The summed E-state index contributed by atoms with van der Waals surface area (Å²) in [7, 11) is 0. The number of rotatable bonds is 2. The van der Waals surface area contributed by atoms with E-state index >= 15 is 0 Å². The molecule has 18 heavy (non-hydrogen) atoms. The van der Waals surface area contributed by atoms with E-state index in [2.05, 4.69) is 16.4 Å². The largest absolute Gasteiger partial charge is 0.352 e. The minimum absolute atomic E-state index is 0.346. The van der Waals surface area contributed by atoms with Crippen LogP contribution in [0.2, 0.25) is 0 Å². The van der Waals surface area contributed by atoms with Gasteiger partial charge in [0.25, 0.3) is 0 Å². The lowest BCUT2D eigenvalue weighted by atomic mass is 10.1. The van der Waals surface area contributed by atoms with Crippen LogP contribution in [0.3, 0.4) is 0 Å². The number of hydrogen-bond donors (Lipinski definition) is 1. The van der Waals surface area contributed by atoms with E-state index in [1.165, 1.54) is 6.07 Å². The Bertz CT molecular complexity index is 629. The highest BCUT2D eigenvalue weighted by molar-refractivity contribution is 5.68. The van der Waals surface area contributed by atoms with E-state index in [4.69, 9.17) is 5.26 Å². The molecular formula is C14H12FN3. The molecule has 3 nitrogen and oxygen atoms in total. The van der Waals surface area contributed by atoms with Gasteiger partial charge in [0, 0.05) is 5.69 Å². The number of hydrogen-bond acceptors (Lipinski definition) is 3. The topological polar surface area (TPSA) is 48.7 Å². The summed E-state index contributed by atoms with van der Waals surface area (Å²) in [6, 6.07) is 10.2. The molecule has 0 unspecified atom stereocenters. The van der Waals surface area contributed by atoms with Gasteiger partial charge in [-0.25, -0.2) is 4.39 Å². The molecule has 1 heterocycles. The van der Waals surface area contributed by atoms with Crippen LogP contribution in [0, 0.1) is 31.0 Å². The number of nitriles is 1. The maximum Gasteiger partial charge on any atom is 0.146 e. The summed E-state index contributed by atoms with van der Waals surface area (Å²) in [6.07, 6.45) is 0. The predicted molar refractivity (Wildman–Crippen MR) is 68.1 cm³/mol. The van der Waals surface area contributed by atoms with Crippen LogP contribution in [-0.4, -0.2) is 4.98 Å². The van der Waals surface area contributed by atoms with Gasteiger partial charge in [0.15, 0.2) is 0 Å². The summed E-state index contributed by atoms with van der Waals surface area (Å²) in [5, 5.41) is 12.0. The van der Waals surface area contributed by atoms with Crippen LogP contribution in [0.4, 0.5) is 15.8 Å². The Hall–Kier alpha value is -2.41. The van der Waals surface area contributed by atoms with Crippen LogP contribution < -0.4 is 5.32 Å². The summed E-state index contributed by atoms with van der Waals surface area (Å²) >= 11 is 0. The van der Waals surface area contributed by atoms with Gasteiger partial charge in [0.1, 0.15) is 11.9 Å². The van der Waals surface area contributed by atoms with Crippen LogP contribution in [0.15, 0.2) is 30.3 Å². The molecule has 4 heteroatoms. The van der Waals surface area contributed by atoms with Crippen LogP contribution in [0.5, 0.6) is 0 Å². The predicted octanol–water partition coefficient (Wildman–Crippen LogP) is 3.45. The van der Waals surface area contributed by atoms with Crippen molar-refractivity contribution in [3.63, 3.8) is 0 Å². The van der Waals surface area contributed by atoms with Crippen molar-refractivity contribution in [2.75, 3.05) is 5.32 Å². The molecule has 2 aromatic rings. The molecule has 0 spiro atoms. The fourth-order valence-corrected chi connectivity index (χ4v) is 1.78. The smallest absolute Gasteiger partial charge is 0.146 e. The third kappa shape index (κ3) is 2.30. The number of halogens is 1. The van der Waals surface area contributed by atoms with Crippen molar-refractivity contribution in [3.05, 3.63) is 53.1 Å². The van der Waals surface area contributed by atoms with Crippen molar-refractivity contribution >= 4 is 11.4 Å². The average Bonchev–Trinajstić information content (AvgIpc) is 2.31. The maximum absolute atomic E-state index is 13.6. The van der Waals surface area contributed by atoms with Crippen LogP contribution >= 0.6 is 0 Å². The van der Waals surface area contributed by atoms with E-state index in [9.17, 15) is 4.39 Å². The fraction of sp³-hybridized carbons (Fsp3) is 0.143. The van der Waals surface area contributed by atoms with E-state index in [0.717, 1.165) is 5.69 Å². The van der Waals surface area contributed by atoms with Gasteiger partial charge < -0.3 is 5.32 Å². The second-order valence-corrected chi connectivity index (χ2v) is 3.99. The van der Waals surface area contributed by atoms with Crippen molar-refractivity contribution in [2.24, 2.45) is 0 Å². The zero-order valence-electron chi connectivity index (χ0n) is 10.2. The molecule has 90 valence electrons. The van der Waals surface area contributed by atoms with Crippen molar-refractivity contribution in [2.45, 2.75) is 13.8 Å². The molecule has 0 aliphatic heterocycles. The average molecular weight is 241 g/mol. The highest BCUT2D eigenvalue weighted by Crippen LogP contribution is 2.24. The molecule has 0 bridgehead atoms. The third-order valence-electron chi connectivity index (χ3n) is 2.58. The van der Waals surface area contributed by atoms with E-state index in [-0.39, 0.29) is 5.82 Å². The van der Waals surface area contributed by atoms with E-state index < -0.39 is 0 Å². The second kappa shape index (κ2) is 4.84. The van der Waals surface area contributed by atoms with Crippen LogP contribution in [0.1, 0.15) is 17.0 Å². The van der Waals surface area contributed by atoms with Gasteiger partial charge in [-0.3, -0.25) is 4.98 Å². The molecule has 1 N–H and O–H groups in total. The van der Waals surface area contributed by atoms with E-state index in [1.54, 1.807) is 31.2 Å². The summed E-state index contributed by atoms with van der Waals surface area (Å²) in [4.78, 5) is 4.21. The first-order valence-electron chi connectivity index (χ1n) is 5.51. The van der Waals surface area contributed by atoms with Gasteiger partial charge in [-0.2, -0.15) is 5.26 Å². The molecule has 0 aliphatic carbocycles. The SMILES string of the molecule is Cc1cc(Nc2ccccc2F)c(C#N)c(C)n1. The first-order valence-corrected chi connectivity index (χ1v) is 5.51. The van der Waals surface area contributed by atoms with Gasteiger partial charge >= 0.3 is 0 Å². The maximum atomic E-state index is 13.6. The van der Waals surface area contributed by atoms with Gasteiger partial charge in [-0.05, 0) is 32.0 Å². The first kappa shape index (κ1) is 12.1. The lowest BCUT2D eigenvalue weighted by molar-refractivity contribution is 0.632. The molecule has 0 aliphatic rings. The quantitative estimate of drug-likeness (QED) is 0.876. The Morgan fingerprint density at radius 1 is 1.22 bits per heavy atom. The third-order valence-corrected chi connectivity index (χ3v) is 2.58. The summed E-state index contributed by atoms with van der Waals surface area (Å²) < 4.78 is 13.6. The minimum atomic E-state index is -0.353. The molecule has 2 rings (SSSR count). The van der Waals surface area contributed by atoms with Gasteiger partial charge in [-0.1, -0.05) is 12.1 Å². The van der Waals surface area contributed by atoms with E-state index in [0.29, 0.717) is 22.6 Å². The Morgan fingerprint density at radius 2 is 1.94 bits per heavy atom. The number of aryl methyl sites for hydroxylation is 2. The highest BCUT2D eigenvalue weighted by atomic mass is 19.1. The molecule has 0 saturated heterocycles. The Morgan fingerprint density at radius 3 is 2.61 bits per heavy atom. The summed E-state index contributed by atoms with van der Waals surface area (Å²) in [5.41, 5.74) is 2.78. The Labute approximate surface area is 105 Å². The summed E-state index contributed by atoms with van der Waals surface area (Å²) in [5.74, 6) is -0.353. The van der Waals surface area contributed by atoms with Crippen molar-refractivity contribution in [1.82, 2.24) is 4.98 Å². The monoisotopic (exact) mass is 241 g/mol. The first-order chi connectivity index (χ1) is 8.61. The van der Waals surface area contributed by atoms with Gasteiger partial charge in [-0.15, -0.1) is 0 Å². The molecule has 0 amide bonds. The lowest BCUT2D eigenvalue weighted by Gasteiger charge is -2.11. The number of benzene rings is 1. The van der Waals surface area contributed by atoms with Crippen molar-refractivity contribution in [3.8, 4) is 6.07 Å². The highest BCUT2D eigenvalue weighted by Gasteiger charge is 2.09. The zero-order chi connectivity index (χ0) is 13.1. The zero-order valence-corrected chi connectivity index (χ0v) is 10.2. The van der Waals surface area contributed by atoms with E-state index in [1.807, 2.05) is 6.92 Å². The molecule has 0 fully saturated rings. The number of pyridine rings is 1. The molecular weight excluding hydrogens is 229 g/mol. The number of anilines is 2. The molecule has 1 aromatic heterocycles. The standard InChI is InChI=1S/C14H12FN3/c1-9-7-14(11(8-16)10(2)17-9)18-13-6-4-3-5-12(13)15/h3-7H,1-2H3,(H,17,18). The van der Waals surface area contributed by atoms with Gasteiger partial charge in [0.2, 0.25) is 0 Å². The molecule has 1 aromatic carbocycles. The number of para-hydroxylation sites is 1. The number of nitrogens with zero attached hydrogens (tertiary/aromatic N) is 2. The second-order valence-electron chi connectivity index (χ2n) is 3.99. The lowest BCUT2D eigenvalue weighted by Crippen LogP contribution is -2.00. The summed E-state index contributed by atoms with van der Waals surface area (Å²) in [6.45, 7) is 3.60. The molecule has 0 radical (unpaired) electrons. The fourth-order valence-electron chi connectivity index (χ4n) is 1.78. The normalized spacial score (nSPS) is 9.89. The number of nitrogens with one attached hydrogen (secondary N) is 1. The van der Waals surface area contributed by atoms with Crippen molar-refractivity contribution in [1.29, 1.82) is 5.26 Å². The van der Waals surface area contributed by atoms with Crippen LogP contribution in [-0.2, 0) is 0 Å². The molecule has 0 atom stereocenters. The molecule has 0 saturated carbocycles. The Kier molecular flexibility index (Phi) is 3.24. The van der Waals surface area contributed by atoms with Crippen LogP contribution in [0.25, 0.3) is 0 Å².